The normalized spacial score (nSPS) is 18.1. The molecule has 3 N–H and O–H groups in total. The lowest BCUT2D eigenvalue weighted by Gasteiger charge is -2.51. The van der Waals surface area contributed by atoms with E-state index in [-0.39, 0.29) is 41.3 Å². The first-order chi connectivity index (χ1) is 20.3. The van der Waals surface area contributed by atoms with Crippen molar-refractivity contribution in [1.82, 2.24) is 20.5 Å². The van der Waals surface area contributed by atoms with Gasteiger partial charge in [0.1, 0.15) is 21.7 Å². The van der Waals surface area contributed by atoms with Gasteiger partial charge in [-0.05, 0) is 23.3 Å². The number of aliphatic carboxylic acids is 1. The standard InChI is InChI=1S/C25H25Cl2N5O7S4/c26-17-9-14(10-18(27)29-17)11-20(40)30-21-23(34)32-22(25(35)36)15(13-42-24(21)32)12-41-16-1-5-31(6-2-16)7-3-19(33)28-4-8-43(37,38)39/h1-2,5-6,9-10,21,24H,3-4,7-8,11-13H2,(H3-,28,30,33,35,36,37,38,39,40)/t21-,24-/m1/s1. The Hall–Kier alpha value is -2.47. The number of rotatable bonds is 13. The number of amides is 2. The predicted molar refractivity (Wildman–Crippen MR) is 164 cm³/mol. The summed E-state index contributed by atoms with van der Waals surface area (Å²) in [5.74, 6) is -2.01. The van der Waals surface area contributed by atoms with Gasteiger partial charge in [0, 0.05) is 41.5 Å². The average Bonchev–Trinajstić information content (AvgIpc) is 2.92. The van der Waals surface area contributed by atoms with E-state index in [0.29, 0.717) is 28.6 Å². The van der Waals surface area contributed by atoms with E-state index in [2.05, 4.69) is 15.6 Å². The molecule has 0 bridgehead atoms. The number of hydrogen-bond acceptors (Lipinski definition) is 10. The Kier molecular flexibility index (Phi) is 11.3. The van der Waals surface area contributed by atoms with Gasteiger partial charge in [0.25, 0.3) is 16.0 Å². The summed E-state index contributed by atoms with van der Waals surface area (Å²) in [7, 11) is -4.14. The molecule has 4 rings (SSSR count). The maximum atomic E-state index is 13.0. The van der Waals surface area contributed by atoms with Crippen LogP contribution in [0.1, 0.15) is 12.0 Å². The van der Waals surface area contributed by atoms with Crippen molar-refractivity contribution in [2.24, 2.45) is 0 Å². The number of aryl methyl sites for hydroxylation is 1. The smallest absolute Gasteiger partial charge is 0.266 e. The second kappa shape index (κ2) is 14.5. The van der Waals surface area contributed by atoms with Crippen molar-refractivity contribution in [2.45, 2.75) is 35.7 Å². The molecule has 1 saturated heterocycles. The van der Waals surface area contributed by atoms with E-state index in [4.69, 9.17) is 40.0 Å². The van der Waals surface area contributed by atoms with Gasteiger partial charge in [-0.25, -0.2) is 9.55 Å². The summed E-state index contributed by atoms with van der Waals surface area (Å²) >= 11 is 20.2. The van der Waals surface area contributed by atoms with E-state index in [0.717, 1.165) is 10.5 Å². The number of carbonyl (C=O) groups is 3. The summed E-state index contributed by atoms with van der Waals surface area (Å²) in [6, 6.07) is 6.20. The third kappa shape index (κ3) is 9.26. The zero-order valence-electron chi connectivity index (χ0n) is 22.2. The third-order valence-electron chi connectivity index (χ3n) is 6.30. The van der Waals surface area contributed by atoms with Crippen molar-refractivity contribution < 1.29 is 37.0 Å². The van der Waals surface area contributed by atoms with Crippen LogP contribution in [-0.4, -0.2) is 80.8 Å². The van der Waals surface area contributed by atoms with Gasteiger partial charge in [0.2, 0.25) is 5.91 Å². The number of carboxylic acid groups (broad SMARTS) is 1. The topological polar surface area (TPSA) is 173 Å². The summed E-state index contributed by atoms with van der Waals surface area (Å²) in [6.45, 7) is 0.173. The van der Waals surface area contributed by atoms with E-state index in [1.807, 2.05) is 12.1 Å². The van der Waals surface area contributed by atoms with E-state index in [1.165, 1.54) is 28.4 Å². The molecule has 230 valence electrons. The fourth-order valence-electron chi connectivity index (χ4n) is 4.31. The Morgan fingerprint density at radius 2 is 1.93 bits per heavy atom. The fraction of sp³-hybridized carbons (Fsp3) is 0.360. The highest BCUT2D eigenvalue weighted by molar-refractivity contribution is 8.01. The molecule has 18 heteroatoms. The third-order valence-corrected chi connectivity index (χ3v) is 10.1. The van der Waals surface area contributed by atoms with Crippen LogP contribution in [0.25, 0.3) is 0 Å². The van der Waals surface area contributed by atoms with Gasteiger partial charge in [0.15, 0.2) is 18.9 Å². The van der Waals surface area contributed by atoms with Crippen molar-refractivity contribution >= 4 is 91.8 Å². The maximum Gasteiger partial charge on any atom is 0.266 e. The molecule has 2 atom stereocenters. The molecule has 0 spiro atoms. The summed E-state index contributed by atoms with van der Waals surface area (Å²) in [4.78, 5) is 43.4. The van der Waals surface area contributed by atoms with Crippen LogP contribution in [0.3, 0.4) is 0 Å². The Labute approximate surface area is 271 Å². The number of carboxylic acids is 1. The SMILES string of the molecule is O=C(CC[n+]1ccc(SCC2=C(C(=O)[O-])N3C(=O)[C@@H](NC(=S)Cc4cc(Cl)nc(Cl)c4)[C@H]3SC2)cc1)NCCS(=O)(=O)O. The van der Waals surface area contributed by atoms with E-state index >= 15 is 0 Å². The zero-order valence-corrected chi connectivity index (χ0v) is 27.0. The monoisotopic (exact) mass is 705 g/mol. The van der Waals surface area contributed by atoms with Crippen molar-refractivity contribution in [3.63, 3.8) is 0 Å². The van der Waals surface area contributed by atoms with Crippen LogP contribution in [0.15, 0.2) is 52.8 Å². The van der Waals surface area contributed by atoms with Gasteiger partial charge in [-0.1, -0.05) is 35.4 Å². The minimum Gasteiger partial charge on any atom is -0.543 e. The van der Waals surface area contributed by atoms with Gasteiger partial charge >= 0.3 is 0 Å². The molecular weight excluding hydrogens is 681 g/mol. The van der Waals surface area contributed by atoms with Crippen molar-refractivity contribution in [2.75, 3.05) is 23.8 Å². The molecule has 0 unspecified atom stereocenters. The molecule has 0 radical (unpaired) electrons. The van der Waals surface area contributed by atoms with Gasteiger partial charge in [0.05, 0.1) is 28.8 Å². The van der Waals surface area contributed by atoms with E-state index in [1.54, 1.807) is 29.1 Å². The number of nitrogens with zero attached hydrogens (tertiary/aromatic N) is 3. The number of thiocarbonyl (C=S) groups is 1. The predicted octanol–water partition coefficient (Wildman–Crippen LogP) is 0.610. The summed E-state index contributed by atoms with van der Waals surface area (Å²) < 4.78 is 31.9. The lowest BCUT2D eigenvalue weighted by Crippen LogP contribution is -2.71. The molecule has 0 aliphatic carbocycles. The number of aromatic nitrogens is 2. The lowest BCUT2D eigenvalue weighted by molar-refractivity contribution is -0.696. The van der Waals surface area contributed by atoms with Crippen LogP contribution in [-0.2, 0) is 37.5 Å². The number of pyridine rings is 2. The van der Waals surface area contributed by atoms with Crippen LogP contribution >= 0.6 is 58.9 Å². The Bertz CT molecular complexity index is 1550. The van der Waals surface area contributed by atoms with Crippen LogP contribution in [0.2, 0.25) is 10.3 Å². The highest BCUT2D eigenvalue weighted by atomic mass is 35.5. The van der Waals surface area contributed by atoms with Crippen molar-refractivity contribution in [3.05, 3.63) is 63.8 Å². The highest BCUT2D eigenvalue weighted by Crippen LogP contribution is 2.41. The molecular formula is C25H25Cl2N5O7S4. The quantitative estimate of drug-likeness (QED) is 0.0663. The Morgan fingerprint density at radius 1 is 1.26 bits per heavy atom. The average molecular weight is 707 g/mol. The molecule has 4 heterocycles. The number of halogens is 2. The molecule has 2 aromatic heterocycles. The van der Waals surface area contributed by atoms with Crippen LogP contribution in [0, 0.1) is 0 Å². The van der Waals surface area contributed by atoms with Gasteiger partial charge < -0.3 is 20.5 Å². The Morgan fingerprint density at radius 3 is 2.56 bits per heavy atom. The van der Waals surface area contributed by atoms with Gasteiger partial charge in [-0.2, -0.15) is 8.42 Å². The van der Waals surface area contributed by atoms with E-state index < -0.39 is 39.2 Å². The first-order valence-electron chi connectivity index (χ1n) is 12.6. The molecule has 0 aromatic carbocycles. The molecule has 2 amide bonds. The molecule has 12 nitrogen and oxygen atoms in total. The summed E-state index contributed by atoms with van der Waals surface area (Å²) in [5, 5.41) is 17.6. The first kappa shape index (κ1) is 33.4. The first-order valence-corrected chi connectivity index (χ1v) is 17.4. The molecule has 2 aliphatic rings. The summed E-state index contributed by atoms with van der Waals surface area (Å²) in [6.07, 6.45) is 3.92. The molecule has 2 aliphatic heterocycles. The maximum absolute atomic E-state index is 13.0. The second-order valence-electron chi connectivity index (χ2n) is 9.44. The minimum absolute atomic E-state index is 0.111. The number of β-lactam (4-membered cyclic amide) rings is 1. The van der Waals surface area contributed by atoms with Gasteiger partial charge in [-0.3, -0.25) is 19.0 Å². The van der Waals surface area contributed by atoms with Crippen LogP contribution in [0.5, 0.6) is 0 Å². The number of nitrogens with one attached hydrogen (secondary N) is 2. The summed E-state index contributed by atoms with van der Waals surface area (Å²) in [5.41, 5.74) is 1.17. The van der Waals surface area contributed by atoms with E-state index in [9.17, 15) is 27.9 Å². The van der Waals surface area contributed by atoms with Crippen molar-refractivity contribution in [1.29, 1.82) is 0 Å². The lowest BCUT2D eigenvalue weighted by atomic mass is 10.0. The second-order valence-corrected chi connectivity index (χ2v) is 14.4. The number of hydrogen-bond donors (Lipinski definition) is 3. The number of thioether (sulfide) groups is 2. The Balaban J connectivity index is 1.30. The molecule has 2 aromatic rings. The zero-order chi connectivity index (χ0) is 31.3. The largest absolute Gasteiger partial charge is 0.543 e. The fourth-order valence-corrected chi connectivity index (χ4v) is 7.84. The number of fused-ring (bicyclic) bond motifs is 1. The molecule has 43 heavy (non-hydrogen) atoms. The van der Waals surface area contributed by atoms with Gasteiger partial charge in [-0.15, -0.1) is 23.5 Å². The highest BCUT2D eigenvalue weighted by Gasteiger charge is 2.52. The molecule has 1 fully saturated rings. The number of carbonyl (C=O) groups excluding carboxylic acids is 3. The van der Waals surface area contributed by atoms with Crippen LogP contribution < -0.4 is 20.3 Å². The molecule has 0 saturated carbocycles. The minimum atomic E-state index is -4.14. The van der Waals surface area contributed by atoms with Crippen molar-refractivity contribution in [3.8, 4) is 0 Å². The van der Waals surface area contributed by atoms with Crippen LogP contribution in [0.4, 0.5) is 0 Å².